The van der Waals surface area contributed by atoms with Gasteiger partial charge in [0.1, 0.15) is 5.03 Å². The largest absolute Gasteiger partial charge is 0.352 e. The Bertz CT molecular complexity index is 883. The van der Waals surface area contributed by atoms with Crippen molar-refractivity contribution < 1.29 is 9.32 Å². The van der Waals surface area contributed by atoms with E-state index in [-0.39, 0.29) is 5.91 Å². The molecule has 1 N–H and O–H groups in total. The lowest BCUT2D eigenvalue weighted by molar-refractivity contribution is 0.0949. The molecule has 26 heavy (non-hydrogen) atoms. The molecule has 0 bridgehead atoms. The summed E-state index contributed by atoms with van der Waals surface area (Å²) in [5, 5.41) is 7.35. The van der Waals surface area contributed by atoms with Crippen LogP contribution >= 0.6 is 27.7 Å². The molecule has 134 valence electrons. The van der Waals surface area contributed by atoms with Gasteiger partial charge in [0.05, 0.1) is 5.56 Å². The van der Waals surface area contributed by atoms with Gasteiger partial charge in [0.25, 0.3) is 5.91 Å². The van der Waals surface area contributed by atoms with Gasteiger partial charge in [-0.3, -0.25) is 4.79 Å². The molecule has 0 atom stereocenters. The van der Waals surface area contributed by atoms with Crippen LogP contribution in [-0.2, 0) is 6.42 Å². The van der Waals surface area contributed by atoms with Gasteiger partial charge < -0.3 is 9.84 Å². The topological polar surface area (TPSA) is 80.9 Å². The lowest BCUT2D eigenvalue weighted by Gasteiger charge is -2.09. The van der Waals surface area contributed by atoms with Crippen molar-refractivity contribution in [2.24, 2.45) is 0 Å². The first kappa shape index (κ1) is 18.6. The monoisotopic (exact) mass is 432 g/mol. The molecule has 3 aromatic rings. The molecule has 1 aromatic carbocycles. The lowest BCUT2D eigenvalue weighted by atomic mass is 10.2. The van der Waals surface area contributed by atoms with Crippen LogP contribution in [0.5, 0.6) is 0 Å². The van der Waals surface area contributed by atoms with Crippen LogP contribution in [0.3, 0.4) is 0 Å². The van der Waals surface area contributed by atoms with Crippen LogP contribution in [-0.4, -0.2) is 27.6 Å². The average Bonchev–Trinajstić information content (AvgIpc) is 3.06. The lowest BCUT2D eigenvalue weighted by Crippen LogP contribution is -2.25. The first-order valence-electron chi connectivity index (χ1n) is 8.07. The van der Waals surface area contributed by atoms with Crippen molar-refractivity contribution in [1.29, 1.82) is 0 Å². The molecule has 3 rings (SSSR count). The molecule has 1 amide bonds. The van der Waals surface area contributed by atoms with Crippen molar-refractivity contribution in [1.82, 2.24) is 20.4 Å². The van der Waals surface area contributed by atoms with Crippen LogP contribution < -0.4 is 5.32 Å². The minimum Gasteiger partial charge on any atom is -0.352 e. The van der Waals surface area contributed by atoms with Crippen LogP contribution in [0.4, 0.5) is 0 Å². The molecule has 0 aliphatic heterocycles. The summed E-state index contributed by atoms with van der Waals surface area (Å²) >= 11 is 4.88. The maximum absolute atomic E-state index is 12.5. The Labute approximate surface area is 163 Å². The Kier molecular flexibility index (Phi) is 6.40. The van der Waals surface area contributed by atoms with Crippen molar-refractivity contribution >= 4 is 33.6 Å². The van der Waals surface area contributed by atoms with E-state index in [0.29, 0.717) is 35.3 Å². The first-order chi connectivity index (χ1) is 12.6. The number of halogens is 1. The van der Waals surface area contributed by atoms with Crippen molar-refractivity contribution in [3.05, 3.63) is 64.3 Å². The Balaban J connectivity index is 1.57. The van der Waals surface area contributed by atoms with E-state index in [1.54, 1.807) is 25.3 Å². The highest BCUT2D eigenvalue weighted by Gasteiger charge is 2.13. The highest BCUT2D eigenvalue weighted by Crippen LogP contribution is 2.29. The van der Waals surface area contributed by atoms with Crippen molar-refractivity contribution in [2.45, 2.75) is 29.7 Å². The summed E-state index contributed by atoms with van der Waals surface area (Å²) in [5.41, 5.74) is 0.564. The second kappa shape index (κ2) is 8.95. The predicted molar refractivity (Wildman–Crippen MR) is 102 cm³/mol. The number of benzene rings is 1. The van der Waals surface area contributed by atoms with E-state index in [1.165, 1.54) is 11.8 Å². The molecule has 0 aliphatic rings. The third-order valence-corrected chi connectivity index (χ3v) is 5.02. The number of rotatable bonds is 7. The molecule has 0 aliphatic carbocycles. The first-order valence-corrected chi connectivity index (χ1v) is 9.68. The molecule has 2 heterocycles. The molecular formula is C18H17BrN4O2S. The smallest absolute Gasteiger partial charge is 0.254 e. The number of nitrogens with zero attached hydrogens (tertiary/aromatic N) is 3. The maximum atomic E-state index is 12.5. The van der Waals surface area contributed by atoms with Gasteiger partial charge in [-0.25, -0.2) is 4.98 Å². The number of aryl methyl sites for hydroxylation is 2. The SMILES string of the molecule is Cc1noc(CCCNC(=O)c2cccnc2Sc2ccc(Br)cc2)n1. The quantitative estimate of drug-likeness (QED) is 0.567. The second-order valence-electron chi connectivity index (χ2n) is 5.51. The minimum absolute atomic E-state index is 0.139. The zero-order valence-electron chi connectivity index (χ0n) is 14.1. The van der Waals surface area contributed by atoms with E-state index in [4.69, 9.17) is 4.52 Å². The standard InChI is InChI=1S/C18H17BrN4O2S/c1-12-22-16(25-23-12)5-3-10-20-17(24)15-4-2-11-21-18(15)26-14-8-6-13(19)7-9-14/h2,4,6-9,11H,3,5,10H2,1H3,(H,20,24). The summed E-state index contributed by atoms with van der Waals surface area (Å²) in [6.45, 7) is 2.30. The molecule has 0 spiro atoms. The fourth-order valence-corrected chi connectivity index (χ4v) is 3.38. The van der Waals surface area contributed by atoms with Gasteiger partial charge in [-0.05, 0) is 49.7 Å². The van der Waals surface area contributed by atoms with Gasteiger partial charge >= 0.3 is 0 Å². The summed E-state index contributed by atoms with van der Waals surface area (Å²) in [4.78, 5) is 22.0. The summed E-state index contributed by atoms with van der Waals surface area (Å²) in [6, 6.07) is 11.4. The number of hydrogen-bond acceptors (Lipinski definition) is 6. The number of amides is 1. The van der Waals surface area contributed by atoms with Crippen LogP contribution in [0.2, 0.25) is 0 Å². The highest BCUT2D eigenvalue weighted by atomic mass is 79.9. The fraction of sp³-hybridized carbons (Fsp3) is 0.222. The molecule has 0 unspecified atom stereocenters. The maximum Gasteiger partial charge on any atom is 0.254 e. The van der Waals surface area contributed by atoms with E-state index in [9.17, 15) is 4.79 Å². The third-order valence-electron chi connectivity index (χ3n) is 3.47. The molecule has 2 aromatic heterocycles. The van der Waals surface area contributed by atoms with E-state index in [2.05, 4.69) is 36.4 Å². The van der Waals surface area contributed by atoms with Gasteiger partial charge in [-0.2, -0.15) is 4.98 Å². The molecule has 8 heteroatoms. The fourth-order valence-electron chi connectivity index (χ4n) is 2.24. The Morgan fingerprint density at radius 1 is 1.27 bits per heavy atom. The normalized spacial score (nSPS) is 10.7. The van der Waals surface area contributed by atoms with Crippen LogP contribution in [0.1, 0.15) is 28.5 Å². The molecule has 0 saturated heterocycles. The summed E-state index contributed by atoms with van der Waals surface area (Å²) in [6.07, 6.45) is 3.05. The van der Waals surface area contributed by atoms with Gasteiger partial charge in [0.2, 0.25) is 5.89 Å². The Morgan fingerprint density at radius 2 is 2.08 bits per heavy atom. The van der Waals surface area contributed by atoms with Crippen molar-refractivity contribution in [2.75, 3.05) is 6.54 Å². The van der Waals surface area contributed by atoms with E-state index < -0.39 is 0 Å². The number of aromatic nitrogens is 3. The van der Waals surface area contributed by atoms with Crippen LogP contribution in [0.25, 0.3) is 0 Å². The average molecular weight is 433 g/mol. The summed E-state index contributed by atoms with van der Waals surface area (Å²) < 4.78 is 6.07. The highest BCUT2D eigenvalue weighted by molar-refractivity contribution is 9.10. The zero-order chi connectivity index (χ0) is 18.4. The molecular weight excluding hydrogens is 416 g/mol. The third kappa shape index (κ3) is 5.15. The van der Waals surface area contributed by atoms with E-state index >= 15 is 0 Å². The Hall–Kier alpha value is -2.19. The second-order valence-corrected chi connectivity index (χ2v) is 7.48. The molecule has 0 radical (unpaired) electrons. The van der Waals surface area contributed by atoms with Crippen LogP contribution in [0, 0.1) is 6.92 Å². The number of carbonyl (C=O) groups excluding carboxylic acids is 1. The van der Waals surface area contributed by atoms with Gasteiger partial charge in [0, 0.05) is 28.5 Å². The summed E-state index contributed by atoms with van der Waals surface area (Å²) in [5.74, 6) is 1.07. The van der Waals surface area contributed by atoms with E-state index in [1.807, 2.05) is 24.3 Å². The van der Waals surface area contributed by atoms with E-state index in [0.717, 1.165) is 15.8 Å². The number of hydrogen-bond donors (Lipinski definition) is 1. The number of pyridine rings is 1. The molecule has 6 nitrogen and oxygen atoms in total. The molecule has 0 saturated carbocycles. The van der Waals surface area contributed by atoms with Gasteiger partial charge in [0.15, 0.2) is 5.82 Å². The van der Waals surface area contributed by atoms with Crippen molar-refractivity contribution in [3.63, 3.8) is 0 Å². The molecule has 0 fully saturated rings. The predicted octanol–water partition coefficient (Wildman–Crippen LogP) is 4.05. The van der Waals surface area contributed by atoms with Gasteiger partial charge in [-0.15, -0.1) is 0 Å². The zero-order valence-corrected chi connectivity index (χ0v) is 16.5. The summed E-state index contributed by atoms with van der Waals surface area (Å²) in [7, 11) is 0. The van der Waals surface area contributed by atoms with Crippen molar-refractivity contribution in [3.8, 4) is 0 Å². The number of nitrogens with one attached hydrogen (secondary N) is 1. The van der Waals surface area contributed by atoms with Gasteiger partial charge in [-0.1, -0.05) is 32.8 Å². The Morgan fingerprint density at radius 3 is 2.81 bits per heavy atom. The minimum atomic E-state index is -0.139. The number of carbonyl (C=O) groups is 1. The van der Waals surface area contributed by atoms with Crippen LogP contribution in [0.15, 0.2) is 61.5 Å².